The number of ether oxygens (including phenoxy) is 2. The fourth-order valence-corrected chi connectivity index (χ4v) is 1.10. The van der Waals surface area contributed by atoms with Gasteiger partial charge in [0, 0.05) is 13.3 Å². The van der Waals surface area contributed by atoms with Crippen LogP contribution in [-0.2, 0) is 14.3 Å². The molecule has 11 heavy (non-hydrogen) atoms. The molecule has 2 N–H and O–H groups in total. The average Bonchev–Trinajstić information content (AvgIpc) is 1.93. The van der Waals surface area contributed by atoms with Crippen molar-refractivity contribution in [2.24, 2.45) is 5.73 Å². The molecule has 64 valence electrons. The minimum absolute atomic E-state index is 0.152. The molecule has 0 bridgehead atoms. The van der Waals surface area contributed by atoms with Gasteiger partial charge in [0.05, 0.1) is 19.3 Å². The van der Waals surface area contributed by atoms with Crippen LogP contribution < -0.4 is 5.73 Å². The molecule has 1 aliphatic rings. The molecule has 1 fully saturated rings. The highest BCUT2D eigenvalue weighted by atomic mass is 16.6. The molecule has 1 heterocycles. The molecule has 0 saturated carbocycles. The Bertz CT molecular complexity index is 149. The number of nitrogens with two attached hydrogens (primary N) is 1. The molecule has 4 nitrogen and oxygen atoms in total. The first-order valence-electron chi connectivity index (χ1n) is 3.70. The van der Waals surface area contributed by atoms with Crippen molar-refractivity contribution in [2.75, 3.05) is 13.2 Å². The van der Waals surface area contributed by atoms with Crippen LogP contribution in [0.4, 0.5) is 0 Å². The molecular weight excluding hydrogens is 146 g/mol. The predicted molar refractivity (Wildman–Crippen MR) is 39.0 cm³/mol. The first-order valence-corrected chi connectivity index (χ1v) is 3.70. The van der Waals surface area contributed by atoms with Crippen molar-refractivity contribution < 1.29 is 14.3 Å². The highest BCUT2D eigenvalue weighted by Crippen LogP contribution is 2.09. The third kappa shape index (κ3) is 2.48. The standard InChI is InChI=1S/C7H13NO3/c1-5(9)11-7-2-3-10-4-6(7)8/h6-7H,2-4,8H2,1H3. The van der Waals surface area contributed by atoms with Crippen LogP contribution in [0.1, 0.15) is 13.3 Å². The van der Waals surface area contributed by atoms with Gasteiger partial charge in [0.25, 0.3) is 0 Å². The molecule has 2 atom stereocenters. The Morgan fingerprint density at radius 2 is 2.45 bits per heavy atom. The van der Waals surface area contributed by atoms with Gasteiger partial charge in [0.15, 0.2) is 0 Å². The Balaban J connectivity index is 2.35. The normalized spacial score (nSPS) is 31.5. The Kier molecular flexibility index (Phi) is 2.84. The quantitative estimate of drug-likeness (QED) is 0.532. The lowest BCUT2D eigenvalue weighted by Crippen LogP contribution is -2.45. The largest absolute Gasteiger partial charge is 0.461 e. The molecular formula is C7H13NO3. The summed E-state index contributed by atoms with van der Waals surface area (Å²) >= 11 is 0. The topological polar surface area (TPSA) is 61.5 Å². The van der Waals surface area contributed by atoms with Gasteiger partial charge in [-0.05, 0) is 0 Å². The van der Waals surface area contributed by atoms with E-state index in [0.29, 0.717) is 19.6 Å². The van der Waals surface area contributed by atoms with Gasteiger partial charge in [0.2, 0.25) is 0 Å². The molecule has 1 aliphatic heterocycles. The minimum atomic E-state index is -0.271. The van der Waals surface area contributed by atoms with Gasteiger partial charge in [-0.1, -0.05) is 0 Å². The zero-order chi connectivity index (χ0) is 8.27. The van der Waals surface area contributed by atoms with Crippen LogP contribution in [0.25, 0.3) is 0 Å². The van der Waals surface area contributed by atoms with Crippen LogP contribution in [0.2, 0.25) is 0 Å². The van der Waals surface area contributed by atoms with Crippen LogP contribution in [0.5, 0.6) is 0 Å². The lowest BCUT2D eigenvalue weighted by Gasteiger charge is -2.27. The lowest BCUT2D eigenvalue weighted by atomic mass is 10.1. The van der Waals surface area contributed by atoms with E-state index in [1.165, 1.54) is 6.92 Å². The predicted octanol–water partition coefficient (Wildman–Crippen LogP) is -0.334. The summed E-state index contributed by atoms with van der Waals surface area (Å²) in [7, 11) is 0. The molecule has 0 aromatic heterocycles. The zero-order valence-corrected chi connectivity index (χ0v) is 6.58. The fraction of sp³-hybridized carbons (Fsp3) is 0.857. The summed E-state index contributed by atoms with van der Waals surface area (Å²) in [5, 5.41) is 0. The van der Waals surface area contributed by atoms with Crippen molar-refractivity contribution in [3.8, 4) is 0 Å². The van der Waals surface area contributed by atoms with Crippen LogP contribution in [-0.4, -0.2) is 31.3 Å². The van der Waals surface area contributed by atoms with Gasteiger partial charge < -0.3 is 15.2 Å². The molecule has 4 heteroatoms. The Morgan fingerprint density at radius 3 is 3.00 bits per heavy atom. The summed E-state index contributed by atoms with van der Waals surface area (Å²) in [5.74, 6) is -0.271. The highest BCUT2D eigenvalue weighted by Gasteiger charge is 2.24. The molecule has 2 unspecified atom stereocenters. The molecule has 0 spiro atoms. The Labute approximate surface area is 65.7 Å². The first-order chi connectivity index (χ1) is 5.20. The maximum Gasteiger partial charge on any atom is 0.302 e. The van der Waals surface area contributed by atoms with Gasteiger partial charge in [-0.15, -0.1) is 0 Å². The lowest BCUT2D eigenvalue weighted by molar-refractivity contribution is -0.151. The van der Waals surface area contributed by atoms with Gasteiger partial charge in [-0.2, -0.15) is 0 Å². The summed E-state index contributed by atoms with van der Waals surface area (Å²) in [4.78, 5) is 10.5. The van der Waals surface area contributed by atoms with Crippen molar-refractivity contribution in [1.29, 1.82) is 0 Å². The maximum atomic E-state index is 10.5. The molecule has 1 saturated heterocycles. The number of carbonyl (C=O) groups excluding carboxylic acids is 1. The maximum absolute atomic E-state index is 10.5. The number of esters is 1. The number of hydrogen-bond donors (Lipinski definition) is 1. The number of carbonyl (C=O) groups is 1. The van der Waals surface area contributed by atoms with E-state index in [2.05, 4.69) is 0 Å². The van der Waals surface area contributed by atoms with E-state index in [0.717, 1.165) is 0 Å². The minimum Gasteiger partial charge on any atom is -0.461 e. The molecule has 1 rings (SSSR count). The second-order valence-corrected chi connectivity index (χ2v) is 2.68. The van der Waals surface area contributed by atoms with Crippen LogP contribution in [0.3, 0.4) is 0 Å². The van der Waals surface area contributed by atoms with Crippen molar-refractivity contribution in [3.63, 3.8) is 0 Å². The SMILES string of the molecule is CC(=O)OC1CCOCC1N. The van der Waals surface area contributed by atoms with Gasteiger partial charge in [-0.25, -0.2) is 0 Å². The molecule has 0 aliphatic carbocycles. The van der Waals surface area contributed by atoms with Crippen molar-refractivity contribution in [1.82, 2.24) is 0 Å². The van der Waals surface area contributed by atoms with E-state index in [-0.39, 0.29) is 18.1 Å². The summed E-state index contributed by atoms with van der Waals surface area (Å²) in [6, 6.07) is -0.160. The second kappa shape index (κ2) is 3.69. The summed E-state index contributed by atoms with van der Waals surface area (Å²) in [6.07, 6.45) is 0.557. The third-order valence-corrected chi connectivity index (χ3v) is 1.65. The number of hydrogen-bond acceptors (Lipinski definition) is 4. The molecule has 0 amide bonds. The molecule has 0 aromatic carbocycles. The van der Waals surface area contributed by atoms with E-state index >= 15 is 0 Å². The third-order valence-electron chi connectivity index (χ3n) is 1.65. The Hall–Kier alpha value is -0.610. The van der Waals surface area contributed by atoms with Crippen LogP contribution >= 0.6 is 0 Å². The summed E-state index contributed by atoms with van der Waals surface area (Å²) in [5.41, 5.74) is 5.63. The van der Waals surface area contributed by atoms with Gasteiger partial charge >= 0.3 is 5.97 Å². The molecule has 0 radical (unpaired) electrons. The first kappa shape index (κ1) is 8.49. The van der Waals surface area contributed by atoms with E-state index in [1.54, 1.807) is 0 Å². The number of rotatable bonds is 1. The smallest absolute Gasteiger partial charge is 0.302 e. The van der Waals surface area contributed by atoms with Crippen molar-refractivity contribution in [3.05, 3.63) is 0 Å². The second-order valence-electron chi connectivity index (χ2n) is 2.68. The van der Waals surface area contributed by atoms with Gasteiger partial charge in [-0.3, -0.25) is 4.79 Å². The highest BCUT2D eigenvalue weighted by molar-refractivity contribution is 5.66. The van der Waals surface area contributed by atoms with E-state index in [4.69, 9.17) is 15.2 Å². The van der Waals surface area contributed by atoms with E-state index in [9.17, 15) is 4.79 Å². The average molecular weight is 159 g/mol. The van der Waals surface area contributed by atoms with E-state index < -0.39 is 0 Å². The van der Waals surface area contributed by atoms with Gasteiger partial charge in [0.1, 0.15) is 6.10 Å². The molecule has 0 aromatic rings. The fourth-order valence-electron chi connectivity index (χ4n) is 1.10. The zero-order valence-electron chi connectivity index (χ0n) is 6.58. The van der Waals surface area contributed by atoms with Crippen molar-refractivity contribution >= 4 is 5.97 Å². The Morgan fingerprint density at radius 1 is 1.73 bits per heavy atom. The van der Waals surface area contributed by atoms with Crippen LogP contribution in [0.15, 0.2) is 0 Å². The summed E-state index contributed by atoms with van der Waals surface area (Å²) in [6.45, 7) is 2.51. The van der Waals surface area contributed by atoms with Crippen molar-refractivity contribution in [2.45, 2.75) is 25.5 Å². The van der Waals surface area contributed by atoms with Crippen LogP contribution in [0, 0.1) is 0 Å². The monoisotopic (exact) mass is 159 g/mol. The van der Waals surface area contributed by atoms with E-state index in [1.807, 2.05) is 0 Å². The summed E-state index contributed by atoms with van der Waals surface area (Å²) < 4.78 is 10.0.